The maximum absolute atomic E-state index is 11.5. The maximum atomic E-state index is 11.5. The lowest BCUT2D eigenvalue weighted by Crippen LogP contribution is -3.00. The smallest absolute Gasteiger partial charge is 0.283 e. The molecule has 12 heteroatoms. The van der Waals surface area contributed by atoms with Crippen molar-refractivity contribution in [3.8, 4) is 0 Å². The van der Waals surface area contributed by atoms with E-state index in [1.54, 1.807) is 0 Å². The van der Waals surface area contributed by atoms with Crippen molar-refractivity contribution in [2.45, 2.75) is 17.7 Å². The van der Waals surface area contributed by atoms with Crippen LogP contribution in [0.3, 0.4) is 0 Å². The fourth-order valence-electron chi connectivity index (χ4n) is 0.845. The predicted molar refractivity (Wildman–Crippen MR) is 68.7 cm³/mol. The second kappa shape index (κ2) is 8.39. The Morgan fingerprint density at radius 1 is 1.22 bits per heavy atom. The van der Waals surface area contributed by atoms with Crippen molar-refractivity contribution in [3.63, 3.8) is 0 Å². The van der Waals surface area contributed by atoms with Crippen molar-refractivity contribution >= 4 is 34.7 Å². The van der Waals surface area contributed by atoms with Crippen LogP contribution in [-0.4, -0.2) is 37.7 Å². The Kier molecular flexibility index (Phi) is 9.15. The van der Waals surface area contributed by atoms with Gasteiger partial charge in [-0.2, -0.15) is 21.0 Å². The summed E-state index contributed by atoms with van der Waals surface area (Å²) in [6, 6.07) is 0. The second-order valence-electron chi connectivity index (χ2n) is 2.81. The summed E-state index contributed by atoms with van der Waals surface area (Å²) in [6.45, 7) is 1.46. The minimum Gasteiger partial charge on any atom is -1.00 e. The van der Waals surface area contributed by atoms with E-state index >= 15 is 0 Å². The summed E-state index contributed by atoms with van der Waals surface area (Å²) in [7, 11) is -3.97. The van der Waals surface area contributed by atoms with Crippen molar-refractivity contribution in [1.29, 1.82) is 0 Å². The van der Waals surface area contributed by atoms with E-state index in [0.717, 1.165) is 0 Å². The van der Waals surface area contributed by atoms with Crippen LogP contribution < -0.4 is 39.9 Å². The number of rotatable bonds is 6. The third kappa shape index (κ3) is 6.88. The summed E-state index contributed by atoms with van der Waals surface area (Å²) in [5.74, 6) is -0.739. The number of hydrogen-bond donors (Lipinski definition) is 5. The summed E-state index contributed by atoms with van der Waals surface area (Å²) < 4.78 is 26.2. The first-order valence-electron chi connectivity index (χ1n) is 4.44. The van der Waals surface area contributed by atoms with Crippen LogP contribution >= 0.6 is 12.6 Å². The molecule has 0 saturated carbocycles. The lowest BCUT2D eigenvalue weighted by molar-refractivity contribution is -0.00000828. The van der Waals surface area contributed by atoms with E-state index in [4.69, 9.17) is 22.9 Å². The minimum absolute atomic E-state index is 0. The zero-order valence-electron chi connectivity index (χ0n) is 9.52. The summed E-state index contributed by atoms with van der Waals surface area (Å²) >= 11 is 3.84. The van der Waals surface area contributed by atoms with E-state index in [1.165, 1.54) is 6.92 Å². The highest BCUT2D eigenvalue weighted by atomic mass is 79.9. The van der Waals surface area contributed by atoms with Crippen LogP contribution in [0.2, 0.25) is 0 Å². The Morgan fingerprint density at radius 2 is 1.61 bits per heavy atom. The normalized spacial score (nSPS) is 12.4. The molecule has 18 heavy (non-hydrogen) atoms. The van der Waals surface area contributed by atoms with Crippen LogP contribution in [0.1, 0.15) is 6.92 Å². The molecule has 0 spiro atoms. The van der Waals surface area contributed by atoms with Crippen molar-refractivity contribution in [2.75, 3.05) is 6.61 Å². The van der Waals surface area contributed by atoms with Gasteiger partial charge in [0, 0.05) is 0 Å². The number of guanidine groups is 2. The summed E-state index contributed by atoms with van der Waals surface area (Å²) in [5, 5.41) is 0. The molecule has 9 nitrogen and oxygen atoms in total. The first kappa shape index (κ1) is 19.6. The molecular weight excluding hydrogens is 348 g/mol. The van der Waals surface area contributed by atoms with Crippen LogP contribution in [0.5, 0.6) is 0 Å². The molecule has 0 aromatic carbocycles. The van der Waals surface area contributed by atoms with E-state index < -0.39 is 20.9 Å². The van der Waals surface area contributed by atoms with Gasteiger partial charge in [0.1, 0.15) is 0 Å². The van der Waals surface area contributed by atoms with Crippen LogP contribution in [0.15, 0.2) is 9.98 Å². The van der Waals surface area contributed by atoms with Crippen LogP contribution in [0.25, 0.3) is 0 Å². The van der Waals surface area contributed by atoms with Gasteiger partial charge in [0.15, 0.2) is 22.7 Å². The van der Waals surface area contributed by atoms with Crippen molar-refractivity contribution in [1.82, 2.24) is 0 Å². The summed E-state index contributed by atoms with van der Waals surface area (Å²) in [5.41, 5.74) is 20.5. The first-order chi connectivity index (χ1) is 7.70. The molecule has 0 bridgehead atoms. The average molecular weight is 364 g/mol. The van der Waals surface area contributed by atoms with Gasteiger partial charge in [-0.3, -0.25) is 4.18 Å². The number of halogens is 1. The SMILES string of the molecule is CCOS(=O)(=O)C(S)C(N=C(N)N)N=C(N)N.[Br-]. The molecule has 0 aliphatic rings. The molecule has 0 aromatic rings. The van der Waals surface area contributed by atoms with Gasteiger partial charge < -0.3 is 39.9 Å². The van der Waals surface area contributed by atoms with Gasteiger partial charge >= 0.3 is 0 Å². The molecule has 0 amide bonds. The van der Waals surface area contributed by atoms with E-state index in [-0.39, 0.29) is 35.5 Å². The third-order valence-corrected chi connectivity index (χ3v) is 3.84. The van der Waals surface area contributed by atoms with Gasteiger partial charge in [-0.15, -0.1) is 0 Å². The number of nitrogens with zero attached hydrogens (tertiary/aromatic N) is 2. The molecule has 0 aromatic heterocycles. The Labute approximate surface area is 121 Å². The number of aliphatic imine (C=N–C) groups is 2. The molecule has 8 N–H and O–H groups in total. The third-order valence-electron chi connectivity index (χ3n) is 1.40. The van der Waals surface area contributed by atoms with E-state index in [0.29, 0.717) is 0 Å². The molecule has 0 rings (SSSR count). The Bertz CT molecular complexity index is 386. The molecule has 1 atom stereocenters. The standard InChI is InChI=1S/C6H16N6O3S2.BrH/c1-2-15-17(13,14)4(16)3(11-5(7)8)12-6(9)10;/h3-4,16H,2H2,1H3,(H4,7,8,11)(H4,9,10,12);1H/p-1. The van der Waals surface area contributed by atoms with E-state index in [1.807, 2.05) is 0 Å². The first-order valence-corrected chi connectivity index (χ1v) is 6.43. The fraction of sp³-hybridized carbons (Fsp3) is 0.667. The Morgan fingerprint density at radius 3 is 1.89 bits per heavy atom. The number of thiol groups is 1. The van der Waals surface area contributed by atoms with E-state index in [9.17, 15) is 8.42 Å². The van der Waals surface area contributed by atoms with Crippen LogP contribution in [0.4, 0.5) is 0 Å². The average Bonchev–Trinajstić information content (AvgIpc) is 2.13. The minimum atomic E-state index is -3.97. The summed E-state index contributed by atoms with van der Waals surface area (Å²) in [6.07, 6.45) is -1.27. The molecule has 1 unspecified atom stereocenters. The highest BCUT2D eigenvalue weighted by Gasteiger charge is 2.31. The van der Waals surface area contributed by atoms with Gasteiger partial charge in [0.25, 0.3) is 10.1 Å². The van der Waals surface area contributed by atoms with Gasteiger partial charge in [-0.05, 0) is 6.92 Å². The predicted octanol–water partition coefficient (Wildman–Crippen LogP) is -5.51. The lowest BCUT2D eigenvalue weighted by atomic mass is 10.6. The summed E-state index contributed by atoms with van der Waals surface area (Å²) in [4.78, 5) is 7.11. The van der Waals surface area contributed by atoms with Crippen LogP contribution in [0, 0.1) is 0 Å². The van der Waals surface area contributed by atoms with Crippen LogP contribution in [-0.2, 0) is 14.3 Å². The molecule has 0 saturated heterocycles. The quantitative estimate of drug-likeness (QED) is 0.135. The number of nitrogens with two attached hydrogens (primary N) is 4. The Balaban J connectivity index is 0. The molecule has 0 fully saturated rings. The highest BCUT2D eigenvalue weighted by molar-refractivity contribution is 8.02. The largest absolute Gasteiger partial charge is 1.00 e. The highest BCUT2D eigenvalue weighted by Crippen LogP contribution is 2.17. The van der Waals surface area contributed by atoms with Gasteiger partial charge in [0.05, 0.1) is 6.61 Å². The second-order valence-corrected chi connectivity index (χ2v) is 5.45. The molecule has 108 valence electrons. The maximum Gasteiger partial charge on any atom is 0.283 e. The molecule has 0 heterocycles. The van der Waals surface area contributed by atoms with Crippen molar-refractivity contribution in [2.24, 2.45) is 32.9 Å². The monoisotopic (exact) mass is 363 g/mol. The molecular formula is C6H16BrN6O3S2-. The van der Waals surface area contributed by atoms with Crippen molar-refractivity contribution in [3.05, 3.63) is 0 Å². The zero-order chi connectivity index (χ0) is 13.6. The molecule has 0 radical (unpaired) electrons. The zero-order valence-corrected chi connectivity index (χ0v) is 12.8. The van der Waals surface area contributed by atoms with Gasteiger partial charge in [-0.25, -0.2) is 9.98 Å². The van der Waals surface area contributed by atoms with Gasteiger partial charge in [0.2, 0.25) is 0 Å². The fourth-order valence-corrected chi connectivity index (χ4v) is 2.05. The van der Waals surface area contributed by atoms with E-state index in [2.05, 4.69) is 26.8 Å². The lowest BCUT2D eigenvalue weighted by Gasteiger charge is -2.16. The molecule has 0 aliphatic heterocycles. The van der Waals surface area contributed by atoms with Crippen molar-refractivity contribution < 1.29 is 29.6 Å². The topological polar surface area (TPSA) is 172 Å². The van der Waals surface area contributed by atoms with Gasteiger partial charge in [-0.1, -0.05) is 0 Å². The molecule has 0 aliphatic carbocycles. The number of hydrogen-bond acceptors (Lipinski definition) is 6. The Hall–Kier alpha value is -0.720.